The normalized spacial score (nSPS) is 12.8. The molecule has 0 spiro atoms. The van der Waals surface area contributed by atoms with Crippen LogP contribution in [0.15, 0.2) is 53.6 Å². The Hall–Kier alpha value is -2.10. The minimum Gasteiger partial charge on any atom is -0.427 e. The first-order valence-corrected chi connectivity index (χ1v) is 7.23. The lowest BCUT2D eigenvalue weighted by Crippen LogP contribution is -2.02. The maximum atomic E-state index is 10.9. The predicted molar refractivity (Wildman–Crippen MR) is 87.7 cm³/mol. The van der Waals surface area contributed by atoms with Gasteiger partial charge in [-0.15, -0.1) is 0 Å². The molecule has 1 atom stereocenters. The third-order valence-electron chi connectivity index (χ3n) is 3.10. The molecule has 0 fully saturated rings. The Labute approximate surface area is 134 Å². The molecule has 0 aliphatic rings. The largest absolute Gasteiger partial charge is 0.427 e. The lowest BCUT2D eigenvalue weighted by atomic mass is 10.1. The van der Waals surface area contributed by atoms with E-state index in [1.165, 1.54) is 6.92 Å². The Morgan fingerprint density at radius 2 is 1.73 bits per heavy atom. The van der Waals surface area contributed by atoms with Gasteiger partial charge in [0.25, 0.3) is 0 Å². The molecule has 0 radical (unpaired) electrons. The Morgan fingerprint density at radius 3 is 2.27 bits per heavy atom. The maximum Gasteiger partial charge on any atom is 0.308 e. The van der Waals surface area contributed by atoms with Crippen LogP contribution in [0.25, 0.3) is 6.08 Å². The number of aliphatic hydroxyl groups is 1. The van der Waals surface area contributed by atoms with Gasteiger partial charge in [-0.2, -0.15) is 0 Å². The predicted octanol–water partition coefficient (Wildman–Crippen LogP) is 4.23. The highest BCUT2D eigenvalue weighted by atomic mass is 35.5. The van der Waals surface area contributed by atoms with E-state index in [4.69, 9.17) is 16.3 Å². The smallest absolute Gasteiger partial charge is 0.308 e. The molecule has 0 amide bonds. The highest BCUT2D eigenvalue weighted by Gasteiger charge is 2.12. The van der Waals surface area contributed by atoms with E-state index in [0.29, 0.717) is 16.3 Å². The number of hydrogen-bond acceptors (Lipinski definition) is 3. The fourth-order valence-corrected chi connectivity index (χ4v) is 2.20. The molecule has 2 aromatic carbocycles. The van der Waals surface area contributed by atoms with Crippen molar-refractivity contribution < 1.29 is 14.6 Å². The lowest BCUT2D eigenvalue weighted by molar-refractivity contribution is -0.131. The van der Waals surface area contributed by atoms with Crippen molar-refractivity contribution in [1.29, 1.82) is 0 Å². The van der Waals surface area contributed by atoms with Crippen LogP contribution in [0.3, 0.4) is 0 Å². The van der Waals surface area contributed by atoms with Crippen molar-refractivity contribution in [3.63, 3.8) is 0 Å². The molecule has 0 saturated carbocycles. The minimum absolute atomic E-state index is 0.323. The first-order chi connectivity index (χ1) is 10.5. The van der Waals surface area contributed by atoms with Gasteiger partial charge in [0.05, 0.1) is 5.03 Å². The van der Waals surface area contributed by atoms with Gasteiger partial charge in [0.1, 0.15) is 11.9 Å². The fraction of sp³-hybridized carbons (Fsp3) is 0.167. The molecular weight excluding hydrogens is 300 g/mol. The molecule has 0 aliphatic carbocycles. The van der Waals surface area contributed by atoms with E-state index < -0.39 is 6.10 Å². The van der Waals surface area contributed by atoms with Crippen LogP contribution in [0.5, 0.6) is 5.75 Å². The highest BCUT2D eigenvalue weighted by Crippen LogP contribution is 2.28. The number of rotatable bonds is 4. The Kier molecular flexibility index (Phi) is 5.36. The van der Waals surface area contributed by atoms with Crippen molar-refractivity contribution in [1.82, 2.24) is 0 Å². The van der Waals surface area contributed by atoms with Gasteiger partial charge in [-0.1, -0.05) is 53.6 Å². The van der Waals surface area contributed by atoms with Gasteiger partial charge in [-0.05, 0) is 36.3 Å². The third kappa shape index (κ3) is 4.45. The van der Waals surface area contributed by atoms with Crippen molar-refractivity contribution in [2.75, 3.05) is 0 Å². The van der Waals surface area contributed by atoms with Crippen LogP contribution in [-0.2, 0) is 4.79 Å². The molecule has 0 aromatic heterocycles. The van der Waals surface area contributed by atoms with E-state index in [-0.39, 0.29) is 5.97 Å². The summed E-state index contributed by atoms with van der Waals surface area (Å²) in [5, 5.41) is 10.6. The summed E-state index contributed by atoms with van der Waals surface area (Å²) in [4.78, 5) is 10.9. The number of carbonyl (C=O) groups excluding carboxylic acids is 1. The topological polar surface area (TPSA) is 46.5 Å². The maximum absolute atomic E-state index is 10.9. The summed E-state index contributed by atoms with van der Waals surface area (Å²) >= 11 is 6.19. The summed E-state index contributed by atoms with van der Waals surface area (Å²) in [6, 6.07) is 14.4. The van der Waals surface area contributed by atoms with Crippen molar-refractivity contribution >= 4 is 23.6 Å². The third-order valence-corrected chi connectivity index (χ3v) is 3.42. The molecule has 0 heterocycles. The monoisotopic (exact) mass is 316 g/mol. The van der Waals surface area contributed by atoms with Gasteiger partial charge in [0.2, 0.25) is 0 Å². The number of carbonyl (C=O) groups is 1. The van der Waals surface area contributed by atoms with E-state index in [1.807, 2.05) is 31.2 Å². The van der Waals surface area contributed by atoms with Crippen LogP contribution in [0.2, 0.25) is 0 Å². The van der Waals surface area contributed by atoms with Crippen LogP contribution in [0.4, 0.5) is 0 Å². The van der Waals surface area contributed by atoms with Crippen LogP contribution >= 0.6 is 11.6 Å². The number of hydrogen-bond donors (Lipinski definition) is 1. The number of aryl methyl sites for hydroxylation is 1. The quantitative estimate of drug-likeness (QED) is 0.678. The summed E-state index contributed by atoms with van der Waals surface area (Å²) in [6.45, 7) is 3.35. The van der Waals surface area contributed by atoms with Gasteiger partial charge >= 0.3 is 5.97 Å². The molecule has 22 heavy (non-hydrogen) atoms. The van der Waals surface area contributed by atoms with Gasteiger partial charge in [0.15, 0.2) is 0 Å². The molecule has 0 saturated heterocycles. The van der Waals surface area contributed by atoms with Crippen molar-refractivity contribution in [2.24, 2.45) is 0 Å². The number of esters is 1. The molecule has 114 valence electrons. The molecule has 1 N–H and O–H groups in total. The number of aliphatic hydroxyl groups excluding tert-OH is 1. The molecule has 0 bridgehead atoms. The first-order valence-electron chi connectivity index (χ1n) is 6.86. The molecular formula is C18H17ClO3. The summed E-state index contributed by atoms with van der Waals surface area (Å²) in [7, 11) is 0. The van der Waals surface area contributed by atoms with Gasteiger partial charge < -0.3 is 9.84 Å². The number of halogens is 1. The average Bonchev–Trinajstić information content (AvgIpc) is 2.49. The molecule has 0 aliphatic heterocycles. The zero-order valence-corrected chi connectivity index (χ0v) is 13.2. The van der Waals surface area contributed by atoms with Crippen LogP contribution in [-0.4, -0.2) is 11.1 Å². The fourth-order valence-electron chi connectivity index (χ4n) is 1.94. The zero-order chi connectivity index (χ0) is 16.1. The standard InChI is InChI=1S/C18H17ClO3/c1-12-3-5-14(6-4-12)11-17(19)18(21)15-7-9-16(10-8-15)22-13(2)20/h3-11,18,21H,1-2H3/b17-11-. The van der Waals surface area contributed by atoms with E-state index in [2.05, 4.69) is 0 Å². The van der Waals surface area contributed by atoms with Crippen molar-refractivity contribution in [3.8, 4) is 5.75 Å². The number of benzene rings is 2. The van der Waals surface area contributed by atoms with Gasteiger partial charge in [-0.3, -0.25) is 4.79 Å². The average molecular weight is 317 g/mol. The Bertz CT molecular complexity index is 672. The lowest BCUT2D eigenvalue weighted by Gasteiger charge is -2.11. The summed E-state index contributed by atoms with van der Waals surface area (Å²) in [6.07, 6.45) is 0.806. The molecule has 2 rings (SSSR count). The second-order valence-electron chi connectivity index (χ2n) is 5.01. The second-order valence-corrected chi connectivity index (χ2v) is 5.44. The zero-order valence-electron chi connectivity index (χ0n) is 12.4. The van der Waals surface area contributed by atoms with E-state index >= 15 is 0 Å². The van der Waals surface area contributed by atoms with Crippen molar-refractivity contribution in [3.05, 3.63) is 70.3 Å². The summed E-state index contributed by atoms with van der Waals surface area (Å²) in [5.41, 5.74) is 2.71. The van der Waals surface area contributed by atoms with Crippen LogP contribution < -0.4 is 4.74 Å². The molecule has 4 heteroatoms. The van der Waals surface area contributed by atoms with E-state index in [0.717, 1.165) is 11.1 Å². The minimum atomic E-state index is -0.922. The van der Waals surface area contributed by atoms with Crippen LogP contribution in [0.1, 0.15) is 29.7 Å². The highest BCUT2D eigenvalue weighted by molar-refractivity contribution is 6.32. The van der Waals surface area contributed by atoms with E-state index in [9.17, 15) is 9.90 Å². The van der Waals surface area contributed by atoms with Crippen LogP contribution in [0, 0.1) is 6.92 Å². The van der Waals surface area contributed by atoms with Gasteiger partial charge in [-0.25, -0.2) is 0 Å². The summed E-state index contributed by atoms with van der Waals surface area (Å²) in [5.74, 6) is 0.0488. The van der Waals surface area contributed by atoms with Crippen molar-refractivity contribution in [2.45, 2.75) is 20.0 Å². The molecule has 2 aromatic rings. The molecule has 1 unspecified atom stereocenters. The SMILES string of the molecule is CC(=O)Oc1ccc(C(O)/C(Cl)=C/c2ccc(C)cc2)cc1. The Morgan fingerprint density at radius 1 is 1.14 bits per heavy atom. The number of ether oxygens (including phenoxy) is 1. The Balaban J connectivity index is 2.14. The summed E-state index contributed by atoms with van der Waals surface area (Å²) < 4.78 is 4.95. The second kappa shape index (κ2) is 7.25. The van der Waals surface area contributed by atoms with E-state index in [1.54, 1.807) is 30.3 Å². The first kappa shape index (κ1) is 16.3. The molecule has 3 nitrogen and oxygen atoms in total. The van der Waals surface area contributed by atoms with Gasteiger partial charge in [0, 0.05) is 6.92 Å².